The van der Waals surface area contributed by atoms with Crippen LogP contribution in [0.2, 0.25) is 0 Å². The zero-order valence-electron chi connectivity index (χ0n) is 15.3. The number of aromatic nitrogens is 2. The minimum atomic E-state index is 0.210. The molecule has 1 aromatic rings. The summed E-state index contributed by atoms with van der Waals surface area (Å²) in [5, 5.41) is 8.25. The second-order valence-electron chi connectivity index (χ2n) is 8.16. The summed E-state index contributed by atoms with van der Waals surface area (Å²) >= 11 is 0. The van der Waals surface area contributed by atoms with Crippen LogP contribution in [0.3, 0.4) is 0 Å². The molecule has 3 atom stereocenters. The maximum absolute atomic E-state index is 13.0. The first-order chi connectivity index (χ1) is 12.1. The topological polar surface area (TPSA) is 68.5 Å². The Kier molecular flexibility index (Phi) is 4.80. The highest BCUT2D eigenvalue weighted by Crippen LogP contribution is 2.40. The Balaban J connectivity index is 1.46. The van der Waals surface area contributed by atoms with Crippen molar-refractivity contribution in [1.82, 2.24) is 15.1 Å². The van der Waals surface area contributed by atoms with Crippen LogP contribution in [-0.4, -0.2) is 46.8 Å². The Hall–Kier alpha value is -1.43. The van der Waals surface area contributed by atoms with Crippen LogP contribution in [0.4, 0.5) is 0 Å². The first-order valence-electron chi connectivity index (χ1n) is 9.82. The monoisotopic (exact) mass is 347 g/mol. The third kappa shape index (κ3) is 3.46. The van der Waals surface area contributed by atoms with Crippen LogP contribution < -0.4 is 0 Å². The van der Waals surface area contributed by atoms with Crippen molar-refractivity contribution >= 4 is 5.91 Å². The van der Waals surface area contributed by atoms with Gasteiger partial charge in [0.1, 0.15) is 0 Å². The van der Waals surface area contributed by atoms with E-state index >= 15 is 0 Å². The fraction of sp³-hybridized carbons (Fsp3) is 0.842. The number of ether oxygens (including phenoxy) is 1. The van der Waals surface area contributed by atoms with E-state index in [4.69, 9.17) is 9.15 Å². The molecule has 3 fully saturated rings. The fourth-order valence-electron chi connectivity index (χ4n) is 4.85. The number of hydrogen-bond donors (Lipinski definition) is 0. The largest absolute Gasteiger partial charge is 0.425 e. The van der Waals surface area contributed by atoms with E-state index in [0.717, 1.165) is 57.2 Å². The molecule has 0 N–H and O–H groups in total. The quantitative estimate of drug-likeness (QED) is 0.823. The van der Waals surface area contributed by atoms with Gasteiger partial charge in [-0.05, 0) is 44.4 Å². The van der Waals surface area contributed by atoms with Gasteiger partial charge in [-0.15, -0.1) is 10.2 Å². The molecule has 1 aromatic heterocycles. The Morgan fingerprint density at radius 3 is 2.64 bits per heavy atom. The zero-order chi connectivity index (χ0) is 17.4. The molecule has 3 heterocycles. The number of rotatable bonds is 2. The van der Waals surface area contributed by atoms with Crippen LogP contribution in [0.1, 0.15) is 63.1 Å². The normalized spacial score (nSPS) is 36.1. The molecule has 2 aliphatic heterocycles. The van der Waals surface area contributed by atoms with Gasteiger partial charge in [0.15, 0.2) is 0 Å². The van der Waals surface area contributed by atoms with Gasteiger partial charge >= 0.3 is 0 Å². The molecule has 6 nitrogen and oxygen atoms in total. The first kappa shape index (κ1) is 17.0. The highest BCUT2D eigenvalue weighted by Gasteiger charge is 2.43. The summed E-state index contributed by atoms with van der Waals surface area (Å²) in [6.45, 7) is 6.45. The van der Waals surface area contributed by atoms with Crippen molar-refractivity contribution in [2.24, 2.45) is 17.8 Å². The van der Waals surface area contributed by atoms with Crippen molar-refractivity contribution < 1.29 is 13.9 Å². The summed E-state index contributed by atoms with van der Waals surface area (Å²) in [6.07, 6.45) is 6.49. The van der Waals surface area contributed by atoms with E-state index in [1.54, 1.807) is 0 Å². The van der Waals surface area contributed by atoms with Crippen molar-refractivity contribution in [3.63, 3.8) is 0 Å². The Bertz CT molecular complexity index is 609. The molecule has 0 aromatic carbocycles. The van der Waals surface area contributed by atoms with Gasteiger partial charge in [0.05, 0.1) is 6.10 Å². The molecule has 0 bridgehead atoms. The highest BCUT2D eigenvalue weighted by molar-refractivity contribution is 5.79. The molecule has 6 heteroatoms. The molecule has 1 amide bonds. The van der Waals surface area contributed by atoms with E-state index in [2.05, 4.69) is 22.0 Å². The number of likely N-dealkylation sites (tertiary alicyclic amines) is 1. The number of piperidine rings is 1. The lowest BCUT2D eigenvalue weighted by molar-refractivity contribution is -0.145. The number of carbonyl (C=O) groups excluding carboxylic acids is 1. The Morgan fingerprint density at radius 1 is 1.12 bits per heavy atom. The second kappa shape index (κ2) is 7.06. The summed E-state index contributed by atoms with van der Waals surface area (Å²) in [6, 6.07) is 0. The van der Waals surface area contributed by atoms with E-state index < -0.39 is 0 Å². The van der Waals surface area contributed by atoms with Crippen LogP contribution >= 0.6 is 0 Å². The first-order valence-corrected chi connectivity index (χ1v) is 9.82. The number of nitrogens with zero attached hydrogens (tertiary/aromatic N) is 3. The van der Waals surface area contributed by atoms with Gasteiger partial charge in [-0.3, -0.25) is 4.79 Å². The summed E-state index contributed by atoms with van der Waals surface area (Å²) in [7, 11) is 0. The summed E-state index contributed by atoms with van der Waals surface area (Å²) < 4.78 is 11.7. The molecule has 0 spiro atoms. The van der Waals surface area contributed by atoms with E-state index in [1.165, 1.54) is 12.8 Å². The molecule has 4 rings (SSSR count). The number of aryl methyl sites for hydroxylation is 1. The minimum Gasteiger partial charge on any atom is -0.425 e. The van der Waals surface area contributed by atoms with Crippen LogP contribution in [0.25, 0.3) is 0 Å². The van der Waals surface area contributed by atoms with Gasteiger partial charge < -0.3 is 14.1 Å². The lowest BCUT2D eigenvalue weighted by atomic mass is 9.78. The van der Waals surface area contributed by atoms with Gasteiger partial charge in [-0.2, -0.15) is 0 Å². The molecule has 138 valence electrons. The third-order valence-corrected chi connectivity index (χ3v) is 6.41. The highest BCUT2D eigenvalue weighted by atomic mass is 16.5. The average molecular weight is 347 g/mol. The van der Waals surface area contributed by atoms with E-state index in [1.807, 2.05) is 6.92 Å². The van der Waals surface area contributed by atoms with Crippen LogP contribution in [0.15, 0.2) is 4.42 Å². The summed E-state index contributed by atoms with van der Waals surface area (Å²) in [5.74, 6) is 3.16. The standard InChI is InChI=1S/C19H29N3O3/c1-12-3-5-14(6-4-12)19(23)22-9-7-17-16(11-22)15(8-10-24-17)18-21-20-13(2)25-18/h12,14-17H,3-11H2,1-2H3/t12?,14?,15-,16-,17-/m1/s1. The zero-order valence-corrected chi connectivity index (χ0v) is 15.3. The number of fused-ring (bicyclic) bond motifs is 1. The van der Waals surface area contributed by atoms with Crippen LogP contribution in [0, 0.1) is 24.7 Å². The predicted octanol–water partition coefficient (Wildman–Crippen LogP) is 2.93. The van der Waals surface area contributed by atoms with Crippen molar-refractivity contribution in [1.29, 1.82) is 0 Å². The smallest absolute Gasteiger partial charge is 0.225 e. The molecule has 3 aliphatic rings. The lowest BCUT2D eigenvalue weighted by Crippen LogP contribution is -2.52. The van der Waals surface area contributed by atoms with Gasteiger partial charge in [-0.1, -0.05) is 6.92 Å². The third-order valence-electron chi connectivity index (χ3n) is 6.41. The second-order valence-corrected chi connectivity index (χ2v) is 8.16. The number of hydrogen-bond acceptors (Lipinski definition) is 5. The Labute approximate surface area is 149 Å². The van der Waals surface area contributed by atoms with E-state index in [0.29, 0.717) is 11.8 Å². The maximum atomic E-state index is 13.0. The Morgan fingerprint density at radius 2 is 1.92 bits per heavy atom. The number of amides is 1. The predicted molar refractivity (Wildman–Crippen MR) is 91.9 cm³/mol. The van der Waals surface area contributed by atoms with E-state index in [-0.39, 0.29) is 23.9 Å². The summed E-state index contributed by atoms with van der Waals surface area (Å²) in [5.41, 5.74) is 0. The number of carbonyl (C=O) groups is 1. The van der Waals surface area contributed by atoms with Gasteiger partial charge in [0.25, 0.3) is 0 Å². The van der Waals surface area contributed by atoms with Crippen molar-refractivity contribution in [2.75, 3.05) is 19.7 Å². The molecule has 0 unspecified atom stereocenters. The average Bonchev–Trinajstić information content (AvgIpc) is 3.07. The van der Waals surface area contributed by atoms with Crippen LogP contribution in [-0.2, 0) is 9.53 Å². The minimum absolute atomic E-state index is 0.210. The molecular weight excluding hydrogens is 318 g/mol. The van der Waals surface area contributed by atoms with E-state index in [9.17, 15) is 4.79 Å². The molecule has 1 saturated carbocycles. The molecule has 0 radical (unpaired) electrons. The van der Waals surface area contributed by atoms with Gasteiger partial charge in [0, 0.05) is 44.4 Å². The summed E-state index contributed by atoms with van der Waals surface area (Å²) in [4.78, 5) is 15.1. The maximum Gasteiger partial charge on any atom is 0.225 e. The molecule has 2 saturated heterocycles. The molecule has 1 aliphatic carbocycles. The fourth-order valence-corrected chi connectivity index (χ4v) is 4.85. The van der Waals surface area contributed by atoms with Gasteiger partial charge in [-0.25, -0.2) is 0 Å². The van der Waals surface area contributed by atoms with Crippen molar-refractivity contribution in [3.8, 4) is 0 Å². The molecule has 25 heavy (non-hydrogen) atoms. The molecular formula is C19H29N3O3. The SMILES string of the molecule is Cc1nnc([C@@H]2CCO[C@@H]3CCN(C(=O)C4CCC(C)CC4)C[C@@H]32)o1. The van der Waals surface area contributed by atoms with Crippen LogP contribution in [0.5, 0.6) is 0 Å². The lowest BCUT2D eigenvalue weighted by Gasteiger charge is -2.45. The van der Waals surface area contributed by atoms with Gasteiger partial charge in [0.2, 0.25) is 17.7 Å². The van der Waals surface area contributed by atoms with Crippen molar-refractivity contribution in [2.45, 2.75) is 64.4 Å². The van der Waals surface area contributed by atoms with Crippen molar-refractivity contribution in [3.05, 3.63) is 11.8 Å².